The Morgan fingerprint density at radius 2 is 1.75 bits per heavy atom. The van der Waals surface area contributed by atoms with Gasteiger partial charge in [0.25, 0.3) is 5.89 Å². The van der Waals surface area contributed by atoms with Crippen LogP contribution in [-0.2, 0) is 17.5 Å². The number of nitrogens with zero attached hydrogens (tertiary/aromatic N) is 4. The summed E-state index contributed by atoms with van der Waals surface area (Å²) < 4.78 is 45.8. The van der Waals surface area contributed by atoms with Crippen molar-refractivity contribution in [3.63, 3.8) is 0 Å². The topological polar surface area (TPSA) is 74.5 Å². The third kappa shape index (κ3) is 8.46. The number of nitrogens with one attached hydrogen (secondary N) is 1. The number of para-hydroxylation sites is 1. The smallest absolute Gasteiger partial charge is 0.314 e. The van der Waals surface area contributed by atoms with Gasteiger partial charge in [-0.3, -0.25) is 4.31 Å². The molecule has 3 rings (SSSR count). The fourth-order valence-corrected chi connectivity index (χ4v) is 5.08. The number of halogens is 2. The molecule has 0 aliphatic heterocycles. The lowest BCUT2D eigenvalue weighted by Crippen LogP contribution is -2.35. The summed E-state index contributed by atoms with van der Waals surface area (Å²) in [5, 5.41) is 10.3. The number of likely N-dealkylation sites (N-methyl/N-ethyl adjacent to an activating group) is 1. The normalized spacial score (nSPS) is 12.6. The van der Waals surface area contributed by atoms with Gasteiger partial charge in [-0.25, -0.2) is 4.21 Å². The molecule has 2 aromatic carbocycles. The first-order chi connectivity index (χ1) is 17.4. The van der Waals surface area contributed by atoms with Crippen LogP contribution in [0.2, 0.25) is 0 Å². The number of benzene rings is 2. The Balaban J connectivity index is 1.66. The maximum Gasteiger partial charge on any atom is 0.314 e. The van der Waals surface area contributed by atoms with Crippen molar-refractivity contribution < 1.29 is 17.4 Å². The lowest BCUT2D eigenvalue weighted by atomic mass is 10.1. The highest BCUT2D eigenvalue weighted by atomic mass is 32.2. The second-order valence-corrected chi connectivity index (χ2v) is 10.5. The summed E-state index contributed by atoms with van der Waals surface area (Å²) in [4.78, 5) is 2.42. The molecule has 0 spiro atoms. The minimum atomic E-state index is -2.80. The van der Waals surface area contributed by atoms with Crippen molar-refractivity contribution in [2.75, 3.05) is 43.3 Å². The molecular weight excluding hydrogens is 484 g/mol. The van der Waals surface area contributed by atoms with E-state index in [1.54, 1.807) is 12.1 Å². The van der Waals surface area contributed by atoms with Crippen molar-refractivity contribution in [1.29, 1.82) is 0 Å². The number of anilines is 1. The minimum Gasteiger partial charge on any atom is -0.415 e. The number of hydrogen-bond donors (Lipinski definition) is 1. The molecule has 0 saturated heterocycles. The van der Waals surface area contributed by atoms with Gasteiger partial charge in [-0.05, 0) is 55.8 Å². The lowest BCUT2D eigenvalue weighted by molar-refractivity contribution is 0.116. The summed E-state index contributed by atoms with van der Waals surface area (Å²) in [7, 11) is 0.733. The average molecular weight is 520 g/mol. The first kappa shape index (κ1) is 27.9. The molecule has 0 aliphatic rings. The molecule has 0 radical (unpaired) electrons. The molecule has 10 heteroatoms. The average Bonchev–Trinajstić information content (AvgIpc) is 3.37. The predicted octanol–water partition coefficient (Wildman–Crippen LogP) is 4.91. The lowest BCUT2D eigenvalue weighted by Gasteiger charge is -2.26. The van der Waals surface area contributed by atoms with E-state index in [2.05, 4.69) is 34.3 Å². The van der Waals surface area contributed by atoms with Crippen LogP contribution in [-0.4, -0.2) is 58.3 Å². The molecule has 0 bridgehead atoms. The Kier molecular flexibility index (Phi) is 11.0. The van der Waals surface area contributed by atoms with Gasteiger partial charge in [0.1, 0.15) is 11.0 Å². The molecule has 1 N–H and O–H groups in total. The van der Waals surface area contributed by atoms with E-state index < -0.39 is 23.3 Å². The largest absolute Gasteiger partial charge is 0.415 e. The third-order valence-electron chi connectivity index (χ3n) is 5.54. The van der Waals surface area contributed by atoms with Crippen molar-refractivity contribution in [2.24, 2.45) is 5.92 Å². The molecular formula is C26H35F2N5O2S. The first-order valence-corrected chi connectivity index (χ1v) is 13.4. The van der Waals surface area contributed by atoms with Crippen molar-refractivity contribution in [2.45, 2.75) is 33.2 Å². The molecule has 1 aromatic heterocycles. The van der Waals surface area contributed by atoms with Crippen LogP contribution in [0, 0.1) is 5.92 Å². The second kappa shape index (κ2) is 14.2. The van der Waals surface area contributed by atoms with E-state index >= 15 is 0 Å². The first-order valence-electron chi connectivity index (χ1n) is 12.2. The van der Waals surface area contributed by atoms with Crippen LogP contribution in [0.3, 0.4) is 0 Å². The van der Waals surface area contributed by atoms with Crippen LogP contribution in [0.5, 0.6) is 0 Å². The van der Waals surface area contributed by atoms with Crippen molar-refractivity contribution in [3.05, 3.63) is 66.1 Å². The van der Waals surface area contributed by atoms with Gasteiger partial charge in [0.05, 0.1) is 6.54 Å². The molecule has 0 fully saturated rings. The van der Waals surface area contributed by atoms with Crippen LogP contribution in [0.25, 0.3) is 11.5 Å². The molecule has 196 valence electrons. The molecule has 36 heavy (non-hydrogen) atoms. The Hall–Kier alpha value is -2.69. The Morgan fingerprint density at radius 3 is 2.36 bits per heavy atom. The summed E-state index contributed by atoms with van der Waals surface area (Å²) in [6.07, 6.45) is -1.98. The molecule has 0 saturated carbocycles. The van der Waals surface area contributed by atoms with Crippen molar-refractivity contribution in [3.8, 4) is 11.5 Å². The van der Waals surface area contributed by atoms with Crippen molar-refractivity contribution in [1.82, 2.24) is 20.4 Å². The van der Waals surface area contributed by atoms with E-state index in [-0.39, 0.29) is 5.89 Å². The van der Waals surface area contributed by atoms with Gasteiger partial charge in [0, 0.05) is 36.6 Å². The summed E-state index contributed by atoms with van der Waals surface area (Å²) >= 11 is 0. The fourth-order valence-electron chi connectivity index (χ4n) is 3.84. The molecule has 1 heterocycles. The highest BCUT2D eigenvalue weighted by Crippen LogP contribution is 2.25. The highest BCUT2D eigenvalue weighted by Gasteiger charge is 2.18. The minimum absolute atomic E-state index is 0.0459. The zero-order valence-corrected chi connectivity index (χ0v) is 21.9. The zero-order chi connectivity index (χ0) is 25.9. The van der Waals surface area contributed by atoms with Gasteiger partial charge in [0.15, 0.2) is 0 Å². The number of rotatable bonds is 15. The standard InChI is InChI=1S/C26H35F2N5O2S/c1-20(2)18-32(16-14-29-3)15-7-17-36(34)33(23-8-5-4-6-9-23)19-21-10-12-22(13-11-21)25-30-31-26(35-25)24(27)28/h4-6,8-13,20,24,29H,7,14-19H2,1-3H3. The molecule has 0 aliphatic carbocycles. The van der Waals surface area contributed by atoms with Gasteiger partial charge in [-0.1, -0.05) is 44.2 Å². The molecule has 7 nitrogen and oxygen atoms in total. The van der Waals surface area contributed by atoms with Gasteiger partial charge in [-0.15, -0.1) is 10.2 Å². The predicted molar refractivity (Wildman–Crippen MR) is 140 cm³/mol. The Morgan fingerprint density at radius 1 is 1.03 bits per heavy atom. The van der Waals surface area contributed by atoms with E-state index in [4.69, 9.17) is 4.42 Å². The molecule has 1 unspecified atom stereocenters. The SMILES string of the molecule is CNCCN(CCCS(=O)N(Cc1ccc(-c2nnc(C(F)F)o2)cc1)c1ccccc1)CC(C)C. The second-order valence-electron chi connectivity index (χ2n) is 8.99. The summed E-state index contributed by atoms with van der Waals surface area (Å²) in [6.45, 7) is 8.67. The van der Waals surface area contributed by atoms with Crippen LogP contribution in [0.15, 0.2) is 59.0 Å². The van der Waals surface area contributed by atoms with E-state index in [0.717, 1.165) is 43.9 Å². The monoisotopic (exact) mass is 519 g/mol. The van der Waals surface area contributed by atoms with Gasteiger partial charge in [-0.2, -0.15) is 8.78 Å². The third-order valence-corrected chi connectivity index (χ3v) is 7.01. The molecule has 1 atom stereocenters. The maximum atomic E-state index is 13.4. The Labute approximate surface area is 214 Å². The van der Waals surface area contributed by atoms with E-state index in [1.807, 2.05) is 53.8 Å². The van der Waals surface area contributed by atoms with Crippen LogP contribution in [0.4, 0.5) is 14.5 Å². The van der Waals surface area contributed by atoms with E-state index in [9.17, 15) is 13.0 Å². The number of aromatic nitrogens is 2. The van der Waals surface area contributed by atoms with E-state index in [1.165, 1.54) is 0 Å². The Bertz CT molecular complexity index is 1060. The molecule has 0 amide bonds. The number of alkyl halides is 2. The summed E-state index contributed by atoms with van der Waals surface area (Å²) in [5.41, 5.74) is 2.37. The van der Waals surface area contributed by atoms with Gasteiger partial charge >= 0.3 is 6.43 Å². The zero-order valence-electron chi connectivity index (χ0n) is 21.1. The molecule has 3 aromatic rings. The van der Waals surface area contributed by atoms with Crippen LogP contribution >= 0.6 is 0 Å². The van der Waals surface area contributed by atoms with E-state index in [0.29, 0.717) is 23.8 Å². The fraction of sp³-hybridized carbons (Fsp3) is 0.462. The van der Waals surface area contributed by atoms with Crippen LogP contribution in [0.1, 0.15) is 38.1 Å². The summed E-state index contributed by atoms with van der Waals surface area (Å²) in [5.74, 6) is 0.479. The maximum absolute atomic E-state index is 13.4. The van der Waals surface area contributed by atoms with Gasteiger partial charge < -0.3 is 14.6 Å². The van der Waals surface area contributed by atoms with Crippen LogP contribution < -0.4 is 9.62 Å². The number of hydrogen-bond acceptors (Lipinski definition) is 6. The summed E-state index contributed by atoms with van der Waals surface area (Å²) in [6, 6.07) is 16.9. The van der Waals surface area contributed by atoms with Crippen molar-refractivity contribution >= 4 is 16.7 Å². The highest BCUT2D eigenvalue weighted by molar-refractivity contribution is 7.86. The van der Waals surface area contributed by atoms with Gasteiger partial charge in [0.2, 0.25) is 5.89 Å². The quantitative estimate of drug-likeness (QED) is 0.308.